The van der Waals surface area contributed by atoms with Gasteiger partial charge in [-0.25, -0.2) is 4.79 Å². The molecule has 1 aromatic carbocycles. The predicted molar refractivity (Wildman–Crippen MR) is 146 cm³/mol. The van der Waals surface area contributed by atoms with Crippen LogP contribution in [-0.4, -0.2) is 71.0 Å². The minimum Gasteiger partial charge on any atom is -0.456 e. The molecule has 2 N–H and O–H groups in total. The molecule has 0 aliphatic carbocycles. The van der Waals surface area contributed by atoms with E-state index in [1.165, 1.54) is 11.3 Å². The molecule has 0 spiro atoms. The van der Waals surface area contributed by atoms with E-state index in [2.05, 4.69) is 22.1 Å². The van der Waals surface area contributed by atoms with Crippen molar-refractivity contribution in [3.05, 3.63) is 53.2 Å². The standard InChI is InChI=1S/C28H28N4O5S/c1-18-14-19-15-21(7-8-23(19)32(18)28(35)30-10-3-4-13-33)37-24-9-11-29-22-16-25(38-26(22)24)27(34)31-12-5-6-20(31)17-36-2/h7-9,11,14-16,20,33H,5-6,10,12-13,17H2,1-2H3,(H,30,35). The minimum atomic E-state index is -0.296. The SMILES string of the molecule is COCC1CCCN1C(=O)c1cc2nccc(Oc3ccc4c(c3)cc(C)n4C(=O)NCC#CCO)c2s1. The lowest BCUT2D eigenvalue weighted by Gasteiger charge is -2.23. The maximum absolute atomic E-state index is 13.3. The van der Waals surface area contributed by atoms with Crippen LogP contribution < -0.4 is 10.1 Å². The zero-order valence-corrected chi connectivity index (χ0v) is 22.0. The van der Waals surface area contributed by atoms with Crippen LogP contribution >= 0.6 is 11.3 Å². The number of benzene rings is 1. The number of aryl methyl sites for hydroxylation is 1. The molecule has 1 aliphatic heterocycles. The van der Waals surface area contributed by atoms with Gasteiger partial charge in [0.25, 0.3) is 5.91 Å². The van der Waals surface area contributed by atoms with Crippen LogP contribution in [0.1, 0.15) is 28.2 Å². The molecule has 0 saturated carbocycles. The second-order valence-corrected chi connectivity index (χ2v) is 10.1. The number of nitrogens with one attached hydrogen (secondary N) is 1. The monoisotopic (exact) mass is 532 g/mol. The molecule has 10 heteroatoms. The van der Waals surface area contributed by atoms with Gasteiger partial charge in [-0.15, -0.1) is 11.3 Å². The molecule has 9 nitrogen and oxygen atoms in total. The Balaban J connectivity index is 1.38. The van der Waals surface area contributed by atoms with Crippen molar-refractivity contribution in [2.24, 2.45) is 0 Å². The molecule has 4 heterocycles. The molecule has 5 rings (SSSR count). The molecule has 2 amide bonds. The average molecular weight is 533 g/mol. The number of hydrogen-bond acceptors (Lipinski definition) is 7. The molecule has 1 aliphatic rings. The van der Waals surface area contributed by atoms with Crippen molar-refractivity contribution >= 4 is 44.4 Å². The van der Waals surface area contributed by atoms with Crippen molar-refractivity contribution in [2.45, 2.75) is 25.8 Å². The van der Waals surface area contributed by atoms with Crippen molar-refractivity contribution in [2.75, 3.05) is 33.4 Å². The molecule has 0 bridgehead atoms. The van der Waals surface area contributed by atoms with E-state index >= 15 is 0 Å². The Morgan fingerprint density at radius 3 is 2.92 bits per heavy atom. The number of methoxy groups -OCH3 is 1. The number of pyridine rings is 1. The first-order valence-electron chi connectivity index (χ1n) is 12.3. The summed E-state index contributed by atoms with van der Waals surface area (Å²) in [5.74, 6) is 6.41. The van der Waals surface area contributed by atoms with Crippen LogP contribution in [0.4, 0.5) is 4.79 Å². The van der Waals surface area contributed by atoms with Crippen LogP contribution in [0.25, 0.3) is 21.1 Å². The van der Waals surface area contributed by atoms with E-state index in [0.29, 0.717) is 28.5 Å². The fraction of sp³-hybridized carbons (Fsp3) is 0.321. The van der Waals surface area contributed by atoms with Crippen LogP contribution in [0, 0.1) is 18.8 Å². The first-order valence-corrected chi connectivity index (χ1v) is 13.1. The third kappa shape index (κ3) is 5.09. The van der Waals surface area contributed by atoms with Gasteiger partial charge in [0.05, 0.1) is 39.8 Å². The second-order valence-electron chi connectivity index (χ2n) is 9.00. The molecule has 1 atom stereocenters. The van der Waals surface area contributed by atoms with Gasteiger partial charge in [0, 0.05) is 37.0 Å². The van der Waals surface area contributed by atoms with Crippen LogP contribution in [0.2, 0.25) is 0 Å². The zero-order chi connectivity index (χ0) is 26.6. The van der Waals surface area contributed by atoms with Crippen LogP contribution in [0.3, 0.4) is 0 Å². The summed E-state index contributed by atoms with van der Waals surface area (Å²) in [6.45, 7) is 3.02. The molecule has 3 aromatic heterocycles. The molecular formula is C28H28N4O5S. The molecule has 196 valence electrons. The van der Waals surface area contributed by atoms with Crippen molar-refractivity contribution in [1.29, 1.82) is 0 Å². The summed E-state index contributed by atoms with van der Waals surface area (Å²) in [4.78, 5) is 32.9. The number of fused-ring (bicyclic) bond motifs is 2. The van der Waals surface area contributed by atoms with Crippen molar-refractivity contribution < 1.29 is 24.2 Å². The summed E-state index contributed by atoms with van der Waals surface area (Å²) in [5.41, 5.74) is 2.22. The quantitative estimate of drug-likeness (QED) is 0.362. The molecule has 38 heavy (non-hydrogen) atoms. The summed E-state index contributed by atoms with van der Waals surface area (Å²) in [7, 11) is 1.66. The number of ether oxygens (including phenoxy) is 2. The van der Waals surface area contributed by atoms with Crippen molar-refractivity contribution in [1.82, 2.24) is 19.8 Å². The molecular weight excluding hydrogens is 504 g/mol. The van der Waals surface area contributed by atoms with Gasteiger partial charge in [-0.3, -0.25) is 14.3 Å². The lowest BCUT2D eigenvalue weighted by Crippen LogP contribution is -2.37. The van der Waals surface area contributed by atoms with Gasteiger partial charge in [0.2, 0.25) is 0 Å². The zero-order valence-electron chi connectivity index (χ0n) is 21.2. The fourth-order valence-electron chi connectivity index (χ4n) is 4.82. The Hall–Kier alpha value is -3.91. The number of aliphatic hydroxyl groups is 1. The van der Waals surface area contributed by atoms with E-state index < -0.39 is 0 Å². The van der Waals surface area contributed by atoms with Crippen LogP contribution in [-0.2, 0) is 4.74 Å². The molecule has 1 unspecified atom stereocenters. The lowest BCUT2D eigenvalue weighted by molar-refractivity contribution is 0.0635. The maximum atomic E-state index is 13.3. The van der Waals surface area contributed by atoms with E-state index in [-0.39, 0.29) is 31.1 Å². The number of carbonyl (C=O) groups is 2. The Morgan fingerprint density at radius 1 is 1.24 bits per heavy atom. The summed E-state index contributed by atoms with van der Waals surface area (Å²) in [6, 6.07) is 10.9. The smallest absolute Gasteiger partial charge is 0.327 e. The third-order valence-corrected chi connectivity index (χ3v) is 7.63. The van der Waals surface area contributed by atoms with Gasteiger partial charge in [-0.1, -0.05) is 11.8 Å². The van der Waals surface area contributed by atoms with Gasteiger partial charge in [-0.05, 0) is 50.1 Å². The Bertz CT molecular complexity index is 1560. The number of hydrogen-bond donors (Lipinski definition) is 2. The number of rotatable bonds is 6. The lowest BCUT2D eigenvalue weighted by atomic mass is 10.2. The first kappa shape index (κ1) is 25.7. The van der Waals surface area contributed by atoms with E-state index in [0.717, 1.165) is 40.7 Å². The normalized spacial score (nSPS) is 15.0. The van der Waals surface area contributed by atoms with Gasteiger partial charge in [-0.2, -0.15) is 0 Å². The van der Waals surface area contributed by atoms with E-state index in [1.807, 2.05) is 42.2 Å². The highest BCUT2D eigenvalue weighted by molar-refractivity contribution is 7.21. The maximum Gasteiger partial charge on any atom is 0.327 e. The van der Waals surface area contributed by atoms with Gasteiger partial charge in [0.15, 0.2) is 0 Å². The number of amides is 2. The van der Waals surface area contributed by atoms with Crippen LogP contribution in [0.15, 0.2) is 42.6 Å². The minimum absolute atomic E-state index is 0.00245. The highest BCUT2D eigenvalue weighted by Gasteiger charge is 2.30. The summed E-state index contributed by atoms with van der Waals surface area (Å²) < 4.78 is 13.9. The van der Waals surface area contributed by atoms with Gasteiger partial charge >= 0.3 is 6.03 Å². The highest BCUT2D eigenvalue weighted by Crippen LogP contribution is 2.37. The van der Waals surface area contributed by atoms with Crippen molar-refractivity contribution in [3.8, 4) is 23.3 Å². The number of thiophene rings is 1. The largest absolute Gasteiger partial charge is 0.456 e. The average Bonchev–Trinajstić information content (AvgIpc) is 3.63. The third-order valence-electron chi connectivity index (χ3n) is 6.50. The number of likely N-dealkylation sites (tertiary alicyclic amines) is 1. The molecule has 1 fully saturated rings. The predicted octanol–water partition coefficient (Wildman–Crippen LogP) is 4.16. The van der Waals surface area contributed by atoms with Crippen molar-refractivity contribution in [3.63, 3.8) is 0 Å². The van der Waals surface area contributed by atoms with Crippen LogP contribution in [0.5, 0.6) is 11.5 Å². The fourth-order valence-corrected chi connectivity index (χ4v) is 5.84. The Kier molecular flexibility index (Phi) is 7.60. The summed E-state index contributed by atoms with van der Waals surface area (Å²) in [6.07, 6.45) is 3.59. The summed E-state index contributed by atoms with van der Waals surface area (Å²) in [5, 5.41) is 12.3. The Labute approximate surface area is 224 Å². The number of aromatic nitrogens is 2. The topological polar surface area (TPSA) is 106 Å². The molecule has 1 saturated heterocycles. The molecule has 4 aromatic rings. The first-order chi connectivity index (χ1) is 18.5. The van der Waals surface area contributed by atoms with E-state index in [4.69, 9.17) is 14.6 Å². The highest BCUT2D eigenvalue weighted by atomic mass is 32.1. The summed E-state index contributed by atoms with van der Waals surface area (Å²) >= 11 is 1.38. The second kappa shape index (κ2) is 11.2. The van der Waals surface area contributed by atoms with Gasteiger partial charge < -0.3 is 24.8 Å². The number of aliphatic hydroxyl groups excluding tert-OH is 1. The van der Waals surface area contributed by atoms with E-state index in [9.17, 15) is 9.59 Å². The Morgan fingerprint density at radius 2 is 2.11 bits per heavy atom. The number of carbonyl (C=O) groups excluding carboxylic acids is 2. The molecule has 0 radical (unpaired) electrons. The van der Waals surface area contributed by atoms with Gasteiger partial charge in [0.1, 0.15) is 18.1 Å². The van der Waals surface area contributed by atoms with E-state index in [1.54, 1.807) is 23.9 Å². The number of nitrogens with zero attached hydrogens (tertiary/aromatic N) is 3.